The standard InChI is InChI=1S/C19H23N3O4/c1-12-3-5-13(6-4-12)18(2)16(24)22(17(25)20-18)9-15(23)21-10-19(26,11-21)14-7-8-14/h3-6,14,26H,7-11H2,1-2H3,(H,20,25). The summed E-state index contributed by atoms with van der Waals surface area (Å²) >= 11 is 0. The molecule has 3 fully saturated rings. The molecule has 1 unspecified atom stereocenters. The van der Waals surface area contributed by atoms with Gasteiger partial charge in [0.1, 0.15) is 17.7 Å². The number of benzene rings is 1. The van der Waals surface area contributed by atoms with Gasteiger partial charge in [-0.05, 0) is 38.2 Å². The number of hydrogen-bond acceptors (Lipinski definition) is 4. The van der Waals surface area contributed by atoms with Gasteiger partial charge < -0.3 is 15.3 Å². The molecule has 7 heteroatoms. The Morgan fingerprint density at radius 2 is 1.85 bits per heavy atom. The summed E-state index contributed by atoms with van der Waals surface area (Å²) in [5.41, 5.74) is -0.205. The van der Waals surface area contributed by atoms with Crippen molar-refractivity contribution < 1.29 is 19.5 Å². The highest BCUT2D eigenvalue weighted by atomic mass is 16.3. The largest absolute Gasteiger partial charge is 0.386 e. The molecule has 4 amide bonds. The molecule has 138 valence electrons. The van der Waals surface area contributed by atoms with E-state index in [1.807, 2.05) is 31.2 Å². The molecule has 0 bridgehead atoms. The molecule has 1 atom stereocenters. The molecule has 0 spiro atoms. The van der Waals surface area contributed by atoms with Crippen molar-refractivity contribution in [1.29, 1.82) is 0 Å². The summed E-state index contributed by atoms with van der Waals surface area (Å²) in [5, 5.41) is 13.0. The third-order valence-corrected chi connectivity index (χ3v) is 5.82. The number of likely N-dealkylation sites (tertiary alicyclic amines) is 1. The Morgan fingerprint density at radius 1 is 1.23 bits per heavy atom. The summed E-state index contributed by atoms with van der Waals surface area (Å²) in [6.07, 6.45) is 2.00. The van der Waals surface area contributed by atoms with Crippen molar-refractivity contribution in [3.05, 3.63) is 35.4 Å². The summed E-state index contributed by atoms with van der Waals surface area (Å²) in [5.74, 6) is -0.460. The lowest BCUT2D eigenvalue weighted by Crippen LogP contribution is -2.66. The second kappa shape index (κ2) is 5.54. The average Bonchev–Trinajstić information content (AvgIpc) is 3.38. The van der Waals surface area contributed by atoms with E-state index in [0.717, 1.165) is 23.3 Å². The van der Waals surface area contributed by atoms with Crippen LogP contribution in [-0.2, 0) is 15.1 Å². The van der Waals surface area contributed by atoms with Crippen molar-refractivity contribution in [1.82, 2.24) is 15.1 Å². The number of rotatable bonds is 4. The normalized spacial score (nSPS) is 27.3. The van der Waals surface area contributed by atoms with Gasteiger partial charge in [-0.3, -0.25) is 14.5 Å². The summed E-state index contributed by atoms with van der Waals surface area (Å²) in [6.45, 7) is 3.87. The summed E-state index contributed by atoms with van der Waals surface area (Å²) in [7, 11) is 0. The number of amides is 4. The van der Waals surface area contributed by atoms with Crippen LogP contribution in [0.1, 0.15) is 30.9 Å². The first-order valence-electron chi connectivity index (χ1n) is 8.94. The van der Waals surface area contributed by atoms with Gasteiger partial charge >= 0.3 is 6.03 Å². The smallest absolute Gasteiger partial charge is 0.325 e. The molecule has 2 saturated heterocycles. The van der Waals surface area contributed by atoms with E-state index in [2.05, 4.69) is 5.32 Å². The number of carbonyl (C=O) groups excluding carboxylic acids is 3. The summed E-state index contributed by atoms with van der Waals surface area (Å²) in [4.78, 5) is 40.1. The van der Waals surface area contributed by atoms with Gasteiger partial charge in [-0.2, -0.15) is 0 Å². The van der Waals surface area contributed by atoms with Crippen molar-refractivity contribution in [3.8, 4) is 0 Å². The second-order valence-electron chi connectivity index (χ2n) is 7.94. The van der Waals surface area contributed by atoms with Gasteiger partial charge in [0, 0.05) is 0 Å². The third-order valence-electron chi connectivity index (χ3n) is 5.82. The van der Waals surface area contributed by atoms with Gasteiger partial charge in [0.2, 0.25) is 5.91 Å². The molecule has 3 aliphatic rings. The van der Waals surface area contributed by atoms with Crippen LogP contribution in [0.4, 0.5) is 4.79 Å². The molecule has 1 aromatic rings. The minimum Gasteiger partial charge on any atom is -0.386 e. The van der Waals surface area contributed by atoms with Crippen LogP contribution in [0.5, 0.6) is 0 Å². The van der Waals surface area contributed by atoms with Crippen LogP contribution in [0.25, 0.3) is 0 Å². The lowest BCUT2D eigenvalue weighted by molar-refractivity contribution is -0.160. The number of aliphatic hydroxyl groups is 1. The highest BCUT2D eigenvalue weighted by Gasteiger charge is 2.54. The fourth-order valence-electron chi connectivity index (χ4n) is 3.83. The quantitative estimate of drug-likeness (QED) is 0.778. The average molecular weight is 357 g/mol. The Kier molecular flexibility index (Phi) is 3.63. The Hall–Kier alpha value is -2.41. The van der Waals surface area contributed by atoms with E-state index in [9.17, 15) is 19.5 Å². The molecule has 1 saturated carbocycles. The van der Waals surface area contributed by atoms with E-state index in [-0.39, 0.29) is 31.5 Å². The zero-order chi connectivity index (χ0) is 18.7. The molecule has 1 aliphatic carbocycles. The van der Waals surface area contributed by atoms with E-state index in [0.29, 0.717) is 5.56 Å². The number of β-amino-alcohol motifs (C(OH)–C–C–N with tert-alkyl or cyclic N) is 1. The lowest BCUT2D eigenvalue weighted by atomic mass is 9.88. The van der Waals surface area contributed by atoms with Gasteiger partial charge in [-0.15, -0.1) is 0 Å². The molecular weight excluding hydrogens is 334 g/mol. The van der Waals surface area contributed by atoms with Crippen molar-refractivity contribution >= 4 is 17.8 Å². The van der Waals surface area contributed by atoms with Crippen LogP contribution < -0.4 is 5.32 Å². The number of carbonyl (C=O) groups is 3. The first-order chi connectivity index (χ1) is 12.2. The molecule has 26 heavy (non-hydrogen) atoms. The second-order valence-corrected chi connectivity index (χ2v) is 7.94. The first kappa shape index (κ1) is 17.0. The van der Waals surface area contributed by atoms with Gasteiger partial charge in [-0.25, -0.2) is 4.79 Å². The van der Waals surface area contributed by atoms with Gasteiger partial charge in [0.15, 0.2) is 0 Å². The van der Waals surface area contributed by atoms with E-state index in [4.69, 9.17) is 0 Å². The summed E-state index contributed by atoms with van der Waals surface area (Å²) < 4.78 is 0. The maximum Gasteiger partial charge on any atom is 0.325 e. The number of nitrogens with one attached hydrogen (secondary N) is 1. The van der Waals surface area contributed by atoms with Crippen LogP contribution in [0.15, 0.2) is 24.3 Å². The van der Waals surface area contributed by atoms with Crippen molar-refractivity contribution in [2.75, 3.05) is 19.6 Å². The number of imide groups is 1. The van der Waals surface area contributed by atoms with Crippen LogP contribution in [0, 0.1) is 12.8 Å². The molecule has 1 aromatic carbocycles. The minimum absolute atomic E-state index is 0.285. The predicted octanol–water partition coefficient (Wildman–Crippen LogP) is 0.745. The molecule has 4 rings (SSSR count). The topological polar surface area (TPSA) is 90.0 Å². The van der Waals surface area contributed by atoms with Crippen molar-refractivity contribution in [2.24, 2.45) is 5.92 Å². The minimum atomic E-state index is -1.17. The molecule has 2 aliphatic heterocycles. The van der Waals surface area contributed by atoms with Crippen LogP contribution in [0.2, 0.25) is 0 Å². The van der Waals surface area contributed by atoms with Crippen molar-refractivity contribution in [3.63, 3.8) is 0 Å². The fourth-order valence-corrected chi connectivity index (χ4v) is 3.83. The van der Waals surface area contributed by atoms with Crippen LogP contribution >= 0.6 is 0 Å². The number of hydrogen-bond donors (Lipinski definition) is 2. The number of nitrogens with zero attached hydrogens (tertiary/aromatic N) is 2. The molecular formula is C19H23N3O4. The Labute approximate surface area is 152 Å². The maximum atomic E-state index is 12.9. The predicted molar refractivity (Wildman–Crippen MR) is 93.0 cm³/mol. The zero-order valence-electron chi connectivity index (χ0n) is 15.0. The van der Waals surface area contributed by atoms with E-state index >= 15 is 0 Å². The molecule has 2 heterocycles. The van der Waals surface area contributed by atoms with Crippen molar-refractivity contribution in [2.45, 2.75) is 37.8 Å². The summed E-state index contributed by atoms with van der Waals surface area (Å²) in [6, 6.07) is 6.82. The van der Waals surface area contributed by atoms with E-state index in [1.54, 1.807) is 6.92 Å². The number of aryl methyl sites for hydroxylation is 1. The number of urea groups is 1. The zero-order valence-corrected chi connectivity index (χ0v) is 15.0. The van der Waals surface area contributed by atoms with Gasteiger partial charge in [-0.1, -0.05) is 29.8 Å². The monoisotopic (exact) mass is 357 g/mol. The highest BCUT2D eigenvalue weighted by molar-refractivity contribution is 6.09. The van der Waals surface area contributed by atoms with E-state index < -0.39 is 23.1 Å². The Morgan fingerprint density at radius 3 is 2.42 bits per heavy atom. The Bertz CT molecular complexity index is 780. The van der Waals surface area contributed by atoms with Gasteiger partial charge in [0.05, 0.1) is 13.1 Å². The fraction of sp³-hybridized carbons (Fsp3) is 0.526. The molecule has 0 aromatic heterocycles. The maximum absolute atomic E-state index is 12.9. The van der Waals surface area contributed by atoms with Crippen LogP contribution in [-0.4, -0.2) is 58.0 Å². The lowest BCUT2D eigenvalue weighted by Gasteiger charge is -2.47. The van der Waals surface area contributed by atoms with Gasteiger partial charge in [0.25, 0.3) is 5.91 Å². The highest BCUT2D eigenvalue weighted by Crippen LogP contribution is 2.44. The third kappa shape index (κ3) is 2.58. The molecule has 2 N–H and O–H groups in total. The van der Waals surface area contributed by atoms with E-state index in [1.165, 1.54) is 4.90 Å². The Balaban J connectivity index is 1.44. The van der Waals surface area contributed by atoms with Crippen LogP contribution in [0.3, 0.4) is 0 Å². The molecule has 0 radical (unpaired) electrons. The first-order valence-corrected chi connectivity index (χ1v) is 8.94. The SMILES string of the molecule is Cc1ccc(C2(C)NC(=O)N(CC(=O)N3CC(O)(C4CC4)C3)C2=O)cc1. The molecule has 7 nitrogen and oxygen atoms in total.